The molecule has 4 nitrogen and oxygen atoms in total. The van der Waals surface area contributed by atoms with Crippen molar-refractivity contribution < 1.29 is 19.4 Å². The summed E-state index contributed by atoms with van der Waals surface area (Å²) >= 11 is 0. The molecule has 5 aliphatic rings. The third kappa shape index (κ3) is 1.75. The van der Waals surface area contributed by atoms with Crippen LogP contribution in [-0.2, 0) is 14.3 Å². The number of fused-ring (bicyclic) bond motifs is 7. The van der Waals surface area contributed by atoms with E-state index in [1.165, 1.54) is 0 Å². The number of carbonyl (C=O) groups is 2. The van der Waals surface area contributed by atoms with Gasteiger partial charge in [0.15, 0.2) is 5.78 Å². The Morgan fingerprint density at radius 2 is 1.88 bits per heavy atom. The van der Waals surface area contributed by atoms with Crippen LogP contribution in [0.4, 0.5) is 0 Å². The van der Waals surface area contributed by atoms with Gasteiger partial charge in [0, 0.05) is 24.2 Å². The smallest absolute Gasteiger partial charge is 0.309 e. The number of allylic oxidation sites excluding steroid dienone is 1. The van der Waals surface area contributed by atoms with Crippen LogP contribution >= 0.6 is 0 Å². The average molecular weight is 358 g/mol. The van der Waals surface area contributed by atoms with E-state index in [1.54, 1.807) is 0 Å². The lowest BCUT2D eigenvalue weighted by Crippen LogP contribution is -2.65. The van der Waals surface area contributed by atoms with Gasteiger partial charge in [0.1, 0.15) is 11.7 Å². The number of Topliss-reactive ketones (excluding diaryl/α,β-unsaturated/α-hetero) is 1. The number of rotatable bonds is 0. The Balaban J connectivity index is 1.54. The largest absolute Gasteiger partial charge is 0.462 e. The fraction of sp³-hybridized carbons (Fsp3) is 0.818. The molecule has 1 N–H and O–H groups in total. The SMILES string of the molecule is C[C@@H]1C(=O)O[C@H]2C[C@H]3[C@@H]4CC(=O)[C@@]5(O)CC=CC[C@]5(C)[C@H]4CC[C@]3(C)[C@H]21. The van der Waals surface area contributed by atoms with Gasteiger partial charge in [-0.05, 0) is 48.9 Å². The van der Waals surface area contributed by atoms with Crippen molar-refractivity contribution in [2.45, 2.75) is 71.0 Å². The molecule has 0 radical (unpaired) electrons. The van der Waals surface area contributed by atoms with Crippen LogP contribution in [-0.4, -0.2) is 28.6 Å². The second kappa shape index (κ2) is 5.01. The zero-order chi connectivity index (χ0) is 18.5. The van der Waals surface area contributed by atoms with E-state index < -0.39 is 5.60 Å². The summed E-state index contributed by atoms with van der Waals surface area (Å²) in [4.78, 5) is 25.2. The zero-order valence-electron chi connectivity index (χ0n) is 16.0. The zero-order valence-corrected chi connectivity index (χ0v) is 16.0. The van der Waals surface area contributed by atoms with Gasteiger partial charge in [-0.15, -0.1) is 0 Å². The summed E-state index contributed by atoms with van der Waals surface area (Å²) in [5, 5.41) is 11.3. The first-order chi connectivity index (χ1) is 12.2. The highest BCUT2D eigenvalue weighted by molar-refractivity contribution is 5.90. The highest BCUT2D eigenvalue weighted by Crippen LogP contribution is 2.69. The second-order valence-corrected chi connectivity index (χ2v) is 10.2. The maximum atomic E-state index is 13.1. The highest BCUT2D eigenvalue weighted by Gasteiger charge is 2.69. The van der Waals surface area contributed by atoms with Crippen molar-refractivity contribution in [1.82, 2.24) is 0 Å². The lowest BCUT2D eigenvalue weighted by molar-refractivity contribution is -0.193. The number of ketones is 1. The van der Waals surface area contributed by atoms with Crippen LogP contribution in [0.2, 0.25) is 0 Å². The predicted octanol–water partition coefficient (Wildman–Crippen LogP) is 3.28. The van der Waals surface area contributed by atoms with Crippen molar-refractivity contribution in [3.63, 3.8) is 0 Å². The van der Waals surface area contributed by atoms with E-state index in [9.17, 15) is 14.7 Å². The van der Waals surface area contributed by atoms with Gasteiger partial charge in [0.25, 0.3) is 0 Å². The molecule has 4 heteroatoms. The third-order valence-electron chi connectivity index (χ3n) is 9.47. The Bertz CT molecular complexity index is 713. The highest BCUT2D eigenvalue weighted by atomic mass is 16.6. The van der Waals surface area contributed by atoms with Crippen molar-refractivity contribution in [3.8, 4) is 0 Å². The van der Waals surface area contributed by atoms with Gasteiger partial charge in [0.2, 0.25) is 0 Å². The lowest BCUT2D eigenvalue weighted by Gasteiger charge is -2.61. The number of carbonyl (C=O) groups excluding carboxylic acids is 2. The fourth-order valence-corrected chi connectivity index (χ4v) is 8.07. The Labute approximate surface area is 155 Å². The normalized spacial score (nSPS) is 57.8. The minimum atomic E-state index is -1.19. The van der Waals surface area contributed by atoms with Crippen LogP contribution in [0.3, 0.4) is 0 Å². The molecule has 4 aliphatic carbocycles. The van der Waals surface area contributed by atoms with Crippen LogP contribution in [0.1, 0.15) is 59.3 Å². The van der Waals surface area contributed by atoms with Crippen molar-refractivity contribution >= 4 is 11.8 Å². The Morgan fingerprint density at radius 1 is 1.15 bits per heavy atom. The number of aliphatic hydroxyl groups is 1. The molecule has 0 bridgehead atoms. The van der Waals surface area contributed by atoms with Gasteiger partial charge in [0.05, 0.1) is 5.92 Å². The van der Waals surface area contributed by atoms with Gasteiger partial charge in [-0.2, -0.15) is 0 Å². The topological polar surface area (TPSA) is 63.6 Å². The summed E-state index contributed by atoms with van der Waals surface area (Å²) in [5.41, 5.74) is -1.47. The molecule has 0 amide bonds. The summed E-state index contributed by atoms with van der Waals surface area (Å²) in [6, 6.07) is 0. The van der Waals surface area contributed by atoms with Gasteiger partial charge in [-0.25, -0.2) is 0 Å². The first-order valence-corrected chi connectivity index (χ1v) is 10.3. The molecule has 1 aliphatic heterocycles. The van der Waals surface area contributed by atoms with Crippen molar-refractivity contribution in [2.75, 3.05) is 0 Å². The first kappa shape index (κ1) is 17.0. The van der Waals surface area contributed by atoms with Crippen LogP contribution in [0, 0.1) is 40.4 Å². The molecule has 9 atom stereocenters. The van der Waals surface area contributed by atoms with Crippen molar-refractivity contribution in [2.24, 2.45) is 40.4 Å². The summed E-state index contributed by atoms with van der Waals surface area (Å²) in [5.74, 6) is 1.36. The summed E-state index contributed by atoms with van der Waals surface area (Å²) in [7, 11) is 0. The maximum absolute atomic E-state index is 13.1. The Hall–Kier alpha value is -1.16. The van der Waals surface area contributed by atoms with Gasteiger partial charge in [-0.3, -0.25) is 9.59 Å². The lowest BCUT2D eigenvalue weighted by atomic mass is 9.43. The average Bonchev–Trinajstić information content (AvgIpc) is 3.04. The number of ether oxygens (including phenoxy) is 1. The quantitative estimate of drug-likeness (QED) is 0.533. The molecule has 0 aromatic heterocycles. The molecule has 3 saturated carbocycles. The van der Waals surface area contributed by atoms with E-state index in [0.29, 0.717) is 30.6 Å². The second-order valence-electron chi connectivity index (χ2n) is 10.2. The number of hydrogen-bond donors (Lipinski definition) is 1. The summed E-state index contributed by atoms with van der Waals surface area (Å²) in [6.45, 7) is 6.50. The minimum absolute atomic E-state index is 0.0289. The fourth-order valence-electron chi connectivity index (χ4n) is 8.07. The van der Waals surface area contributed by atoms with Crippen LogP contribution < -0.4 is 0 Å². The maximum Gasteiger partial charge on any atom is 0.309 e. The standard InChI is InChI=1S/C22H30O4/c1-12-18-16(26-19(12)24)11-15-13-10-17(23)22(25)8-5-4-7-21(22,3)14(13)6-9-20(15,18)2/h4-5,12-16,18,25H,6-11H2,1-3H3/t12-,13+,14-,15-,16-,18-,20-,21+,22-/m0/s1. The van der Waals surface area contributed by atoms with Crippen LogP contribution in [0.5, 0.6) is 0 Å². The van der Waals surface area contributed by atoms with Crippen molar-refractivity contribution in [1.29, 1.82) is 0 Å². The molecule has 142 valence electrons. The molecule has 5 rings (SSSR count). The Kier molecular flexibility index (Phi) is 3.27. The van der Waals surface area contributed by atoms with Crippen molar-refractivity contribution in [3.05, 3.63) is 12.2 Å². The molecule has 26 heavy (non-hydrogen) atoms. The van der Waals surface area contributed by atoms with E-state index in [1.807, 2.05) is 13.0 Å². The van der Waals surface area contributed by atoms with E-state index in [4.69, 9.17) is 4.74 Å². The molecule has 1 saturated heterocycles. The van der Waals surface area contributed by atoms with Crippen LogP contribution in [0.15, 0.2) is 12.2 Å². The monoisotopic (exact) mass is 358 g/mol. The van der Waals surface area contributed by atoms with E-state index >= 15 is 0 Å². The molecule has 4 fully saturated rings. The molecule has 0 unspecified atom stereocenters. The molecular formula is C22H30O4. The number of esters is 1. The molecule has 0 aromatic rings. The molecule has 0 spiro atoms. The van der Waals surface area contributed by atoms with Gasteiger partial charge < -0.3 is 9.84 Å². The van der Waals surface area contributed by atoms with Gasteiger partial charge in [-0.1, -0.05) is 32.9 Å². The summed E-state index contributed by atoms with van der Waals surface area (Å²) in [6.07, 6.45) is 8.93. The van der Waals surface area contributed by atoms with E-state index in [0.717, 1.165) is 25.7 Å². The molecule has 1 heterocycles. The minimum Gasteiger partial charge on any atom is -0.462 e. The first-order valence-electron chi connectivity index (χ1n) is 10.3. The van der Waals surface area contributed by atoms with Gasteiger partial charge >= 0.3 is 5.97 Å². The van der Waals surface area contributed by atoms with Crippen LogP contribution in [0.25, 0.3) is 0 Å². The Morgan fingerprint density at radius 3 is 2.65 bits per heavy atom. The summed E-state index contributed by atoms with van der Waals surface area (Å²) < 4.78 is 5.73. The van der Waals surface area contributed by atoms with E-state index in [2.05, 4.69) is 19.9 Å². The predicted molar refractivity (Wildman–Crippen MR) is 96.0 cm³/mol. The molecular weight excluding hydrogens is 328 g/mol. The molecule has 0 aromatic carbocycles. The van der Waals surface area contributed by atoms with E-state index in [-0.39, 0.29) is 40.5 Å². The number of hydrogen-bond acceptors (Lipinski definition) is 4. The third-order valence-corrected chi connectivity index (χ3v) is 9.47.